The van der Waals surface area contributed by atoms with Gasteiger partial charge in [0.1, 0.15) is 0 Å². The predicted molar refractivity (Wildman–Crippen MR) is 87.7 cm³/mol. The summed E-state index contributed by atoms with van der Waals surface area (Å²) in [6.45, 7) is 2.42. The van der Waals surface area contributed by atoms with Crippen LogP contribution in [-0.4, -0.2) is 18.4 Å². The third kappa shape index (κ3) is 3.54. The molecule has 0 saturated heterocycles. The molecule has 0 aliphatic carbocycles. The van der Waals surface area contributed by atoms with Crippen molar-refractivity contribution in [2.45, 2.75) is 6.92 Å². The lowest BCUT2D eigenvalue weighted by Crippen LogP contribution is -2.22. The van der Waals surface area contributed by atoms with Gasteiger partial charge in [-0.3, -0.25) is 9.59 Å². The molecule has 6 nitrogen and oxygen atoms in total. The summed E-state index contributed by atoms with van der Waals surface area (Å²) < 4.78 is 0. The Morgan fingerprint density at radius 2 is 1.55 bits per heavy atom. The van der Waals surface area contributed by atoms with Gasteiger partial charge in [0.2, 0.25) is 0 Å². The molecule has 0 unspecified atom stereocenters. The number of carbonyl (C=O) groups excluding carboxylic acids is 2. The molecule has 6 N–H and O–H groups in total. The minimum absolute atomic E-state index is 0.147. The number of benzene rings is 2. The van der Waals surface area contributed by atoms with Crippen LogP contribution < -0.4 is 22.1 Å². The maximum Gasteiger partial charge on any atom is 0.255 e. The van der Waals surface area contributed by atoms with Gasteiger partial charge >= 0.3 is 0 Å². The third-order valence-electron chi connectivity index (χ3n) is 3.09. The number of hydrogen-bond donors (Lipinski definition) is 4. The van der Waals surface area contributed by atoms with Gasteiger partial charge in [-0.1, -0.05) is 0 Å². The maximum atomic E-state index is 12.1. The van der Waals surface area contributed by atoms with Crippen molar-refractivity contribution in [1.82, 2.24) is 5.32 Å². The van der Waals surface area contributed by atoms with E-state index in [1.165, 1.54) is 6.07 Å². The van der Waals surface area contributed by atoms with Crippen molar-refractivity contribution in [3.05, 3.63) is 53.6 Å². The molecule has 0 radical (unpaired) electrons. The van der Waals surface area contributed by atoms with Crippen LogP contribution in [0.3, 0.4) is 0 Å². The number of anilines is 3. The zero-order valence-corrected chi connectivity index (χ0v) is 12.2. The Bertz CT molecular complexity index is 696. The van der Waals surface area contributed by atoms with E-state index in [1.54, 1.807) is 36.4 Å². The van der Waals surface area contributed by atoms with Crippen molar-refractivity contribution in [3.8, 4) is 0 Å². The molecule has 2 aromatic carbocycles. The summed E-state index contributed by atoms with van der Waals surface area (Å²) in [5.74, 6) is -0.441. The monoisotopic (exact) mass is 298 g/mol. The Hall–Kier alpha value is -3.02. The van der Waals surface area contributed by atoms with Crippen molar-refractivity contribution < 1.29 is 9.59 Å². The lowest BCUT2D eigenvalue weighted by molar-refractivity contribution is 0.0955. The number of nitrogens with two attached hydrogens (primary N) is 2. The number of amides is 2. The second kappa shape index (κ2) is 6.62. The fourth-order valence-electron chi connectivity index (χ4n) is 1.89. The van der Waals surface area contributed by atoms with Crippen LogP contribution in [0.25, 0.3) is 0 Å². The average molecular weight is 298 g/mol. The van der Waals surface area contributed by atoms with E-state index in [0.29, 0.717) is 34.7 Å². The van der Waals surface area contributed by atoms with E-state index in [4.69, 9.17) is 11.5 Å². The fraction of sp³-hybridized carbons (Fsp3) is 0.125. The van der Waals surface area contributed by atoms with Gasteiger partial charge in [0.25, 0.3) is 11.8 Å². The highest BCUT2D eigenvalue weighted by molar-refractivity contribution is 6.05. The molecule has 0 atom stereocenters. The summed E-state index contributed by atoms with van der Waals surface area (Å²) in [5, 5.41) is 5.44. The first kappa shape index (κ1) is 15.4. The van der Waals surface area contributed by atoms with Crippen molar-refractivity contribution in [3.63, 3.8) is 0 Å². The first-order valence-corrected chi connectivity index (χ1v) is 6.86. The molecule has 0 heterocycles. The Morgan fingerprint density at radius 1 is 0.909 bits per heavy atom. The topological polar surface area (TPSA) is 110 Å². The fourth-order valence-corrected chi connectivity index (χ4v) is 1.89. The second-order valence-corrected chi connectivity index (χ2v) is 4.73. The number of nitrogens with one attached hydrogen (secondary N) is 2. The first-order chi connectivity index (χ1) is 10.5. The normalized spacial score (nSPS) is 10.0. The highest BCUT2D eigenvalue weighted by Gasteiger charge is 2.09. The molecule has 0 aliphatic heterocycles. The molecule has 0 aliphatic rings. The molecule has 0 fully saturated rings. The van der Waals surface area contributed by atoms with Gasteiger partial charge in [0, 0.05) is 23.4 Å². The van der Waals surface area contributed by atoms with Crippen molar-refractivity contribution in [2.75, 3.05) is 23.3 Å². The van der Waals surface area contributed by atoms with Crippen LogP contribution in [0.2, 0.25) is 0 Å². The number of nitrogen functional groups attached to an aromatic ring is 2. The average Bonchev–Trinajstić information content (AvgIpc) is 2.51. The van der Waals surface area contributed by atoms with Crippen molar-refractivity contribution >= 4 is 28.9 Å². The van der Waals surface area contributed by atoms with Crippen LogP contribution in [0.5, 0.6) is 0 Å². The van der Waals surface area contributed by atoms with Crippen LogP contribution in [-0.2, 0) is 0 Å². The van der Waals surface area contributed by atoms with E-state index in [-0.39, 0.29) is 11.8 Å². The van der Waals surface area contributed by atoms with Crippen molar-refractivity contribution in [1.29, 1.82) is 0 Å². The largest absolute Gasteiger partial charge is 0.397 e. The summed E-state index contributed by atoms with van der Waals surface area (Å²) in [5.41, 5.74) is 13.6. The van der Waals surface area contributed by atoms with E-state index in [9.17, 15) is 9.59 Å². The maximum absolute atomic E-state index is 12.1. The van der Waals surface area contributed by atoms with Gasteiger partial charge in [-0.25, -0.2) is 0 Å². The molecular weight excluding hydrogens is 280 g/mol. The van der Waals surface area contributed by atoms with E-state index in [2.05, 4.69) is 10.6 Å². The molecule has 22 heavy (non-hydrogen) atoms. The summed E-state index contributed by atoms with van der Waals surface area (Å²) in [6, 6.07) is 11.3. The van der Waals surface area contributed by atoms with Crippen LogP contribution >= 0.6 is 0 Å². The molecule has 2 rings (SSSR count). The Balaban J connectivity index is 2.08. The molecule has 2 aromatic rings. The quantitative estimate of drug-likeness (QED) is 0.646. The Labute approximate surface area is 128 Å². The molecule has 114 valence electrons. The minimum atomic E-state index is -0.294. The molecule has 0 aromatic heterocycles. The smallest absolute Gasteiger partial charge is 0.255 e. The summed E-state index contributed by atoms with van der Waals surface area (Å²) in [6.07, 6.45) is 0. The van der Waals surface area contributed by atoms with Crippen LogP contribution in [0.4, 0.5) is 17.1 Å². The molecule has 0 saturated carbocycles. The van der Waals surface area contributed by atoms with Crippen LogP contribution in [0.15, 0.2) is 42.5 Å². The zero-order chi connectivity index (χ0) is 16.1. The zero-order valence-electron chi connectivity index (χ0n) is 12.2. The van der Waals surface area contributed by atoms with Gasteiger partial charge in [0.05, 0.1) is 11.4 Å². The number of carbonyl (C=O) groups is 2. The molecular formula is C16H18N4O2. The highest BCUT2D eigenvalue weighted by Crippen LogP contribution is 2.17. The summed E-state index contributed by atoms with van der Waals surface area (Å²) in [4.78, 5) is 23.8. The van der Waals surface area contributed by atoms with E-state index in [1.807, 2.05) is 6.92 Å². The molecule has 0 bridgehead atoms. The van der Waals surface area contributed by atoms with Gasteiger partial charge in [-0.15, -0.1) is 0 Å². The van der Waals surface area contributed by atoms with Crippen molar-refractivity contribution in [2.24, 2.45) is 0 Å². The van der Waals surface area contributed by atoms with Gasteiger partial charge in [-0.2, -0.15) is 0 Å². The standard InChI is InChI=1S/C16H18N4O2/c1-2-19-15(21)10-3-6-12(7-4-10)20-16(22)11-5-8-13(17)14(18)9-11/h3-9H,2,17-18H2,1H3,(H,19,21)(H,20,22). The predicted octanol–water partition coefficient (Wildman–Crippen LogP) is 1.85. The Morgan fingerprint density at radius 3 is 2.14 bits per heavy atom. The molecule has 0 spiro atoms. The molecule has 2 amide bonds. The van der Waals surface area contributed by atoms with Gasteiger partial charge in [-0.05, 0) is 49.4 Å². The number of hydrogen-bond acceptors (Lipinski definition) is 4. The van der Waals surface area contributed by atoms with Crippen LogP contribution in [0.1, 0.15) is 27.6 Å². The SMILES string of the molecule is CCNC(=O)c1ccc(NC(=O)c2ccc(N)c(N)c2)cc1. The third-order valence-corrected chi connectivity index (χ3v) is 3.09. The van der Waals surface area contributed by atoms with E-state index >= 15 is 0 Å². The lowest BCUT2D eigenvalue weighted by atomic mass is 10.1. The van der Waals surface area contributed by atoms with E-state index in [0.717, 1.165) is 0 Å². The number of rotatable bonds is 4. The first-order valence-electron chi connectivity index (χ1n) is 6.86. The van der Waals surface area contributed by atoms with Gasteiger partial charge < -0.3 is 22.1 Å². The van der Waals surface area contributed by atoms with Crippen LogP contribution in [0, 0.1) is 0 Å². The minimum Gasteiger partial charge on any atom is -0.397 e. The molecule has 6 heteroatoms. The Kier molecular flexibility index (Phi) is 4.63. The second-order valence-electron chi connectivity index (χ2n) is 4.73. The summed E-state index contributed by atoms with van der Waals surface area (Å²) in [7, 11) is 0. The highest BCUT2D eigenvalue weighted by atomic mass is 16.2. The summed E-state index contributed by atoms with van der Waals surface area (Å²) >= 11 is 0. The van der Waals surface area contributed by atoms with Gasteiger partial charge in [0.15, 0.2) is 0 Å². The lowest BCUT2D eigenvalue weighted by Gasteiger charge is -2.08. The van der Waals surface area contributed by atoms with E-state index < -0.39 is 0 Å².